The first-order chi connectivity index (χ1) is 12.6. The van der Waals surface area contributed by atoms with Crippen molar-refractivity contribution < 1.29 is 8.78 Å². The average Bonchev–Trinajstić information content (AvgIpc) is 3.28. The predicted molar refractivity (Wildman–Crippen MR) is 98.9 cm³/mol. The van der Waals surface area contributed by atoms with Crippen LogP contribution in [-0.4, -0.2) is 41.7 Å². The number of anilines is 1. The Kier molecular flexibility index (Phi) is 5.92. The molecule has 0 amide bonds. The minimum Gasteiger partial charge on any atom is -0.369 e. The molecule has 0 spiro atoms. The molecule has 1 saturated heterocycles. The molecule has 1 unspecified atom stereocenters. The molecule has 2 N–H and O–H groups in total. The molecule has 2 heterocycles. The molecule has 9 heteroatoms. The van der Waals surface area contributed by atoms with E-state index in [1.165, 1.54) is 12.4 Å². The number of hydrogen-bond donors (Lipinski definition) is 2. The Hall–Kier alpha value is -2.35. The number of nitrogens with zero attached hydrogens (tertiary/aromatic N) is 4. The van der Waals surface area contributed by atoms with Gasteiger partial charge in [0.05, 0.1) is 6.54 Å². The molecule has 1 fully saturated rings. The zero-order valence-corrected chi connectivity index (χ0v) is 15.1. The molecule has 140 valence electrons. The largest absolute Gasteiger partial charge is 0.369 e. The van der Waals surface area contributed by atoms with Gasteiger partial charge < -0.3 is 15.5 Å². The molecule has 1 aromatic carbocycles. The summed E-state index contributed by atoms with van der Waals surface area (Å²) in [5.74, 6) is 0.821. The third kappa shape index (κ3) is 4.43. The van der Waals surface area contributed by atoms with E-state index in [1.54, 1.807) is 7.05 Å². The Labute approximate surface area is 155 Å². The van der Waals surface area contributed by atoms with Crippen LogP contribution in [0.4, 0.5) is 14.5 Å². The third-order valence-electron chi connectivity index (χ3n) is 4.30. The standard InChI is InChI=1S/C17H21ClF2N6/c1-21-17(23-10-15-22-6-8-26(15)16(19)20)24-13-5-7-25(11-13)14-4-2-3-12(18)9-14/h2-4,6,8-9,13,16H,5,7,10-11H2,1H3,(H2,21,23,24). The summed E-state index contributed by atoms with van der Waals surface area (Å²) in [5, 5.41) is 7.08. The first-order valence-electron chi connectivity index (χ1n) is 8.34. The number of imidazole rings is 1. The van der Waals surface area contributed by atoms with E-state index < -0.39 is 6.55 Å². The molecule has 1 aromatic heterocycles. The van der Waals surface area contributed by atoms with E-state index in [4.69, 9.17) is 11.6 Å². The van der Waals surface area contributed by atoms with E-state index in [0.29, 0.717) is 11.0 Å². The predicted octanol–water partition coefficient (Wildman–Crippen LogP) is 2.88. The molecule has 0 saturated carbocycles. The normalized spacial score (nSPS) is 17.8. The first-order valence-corrected chi connectivity index (χ1v) is 8.72. The molecule has 2 aromatic rings. The summed E-state index contributed by atoms with van der Waals surface area (Å²) in [4.78, 5) is 10.4. The molecule has 26 heavy (non-hydrogen) atoms. The van der Waals surface area contributed by atoms with Crippen molar-refractivity contribution in [2.45, 2.75) is 25.6 Å². The fourth-order valence-electron chi connectivity index (χ4n) is 2.99. The van der Waals surface area contributed by atoms with Crippen LogP contribution in [0.5, 0.6) is 0 Å². The minimum absolute atomic E-state index is 0.168. The summed E-state index contributed by atoms with van der Waals surface area (Å²) in [7, 11) is 1.65. The maximum absolute atomic E-state index is 12.9. The molecular weight excluding hydrogens is 362 g/mol. The van der Waals surface area contributed by atoms with Gasteiger partial charge in [-0.15, -0.1) is 0 Å². The van der Waals surface area contributed by atoms with Gasteiger partial charge in [-0.25, -0.2) is 4.98 Å². The van der Waals surface area contributed by atoms with Crippen molar-refractivity contribution in [2.24, 2.45) is 4.99 Å². The number of guanidine groups is 1. The topological polar surface area (TPSA) is 57.5 Å². The highest BCUT2D eigenvalue weighted by Crippen LogP contribution is 2.23. The Bertz CT molecular complexity index is 763. The SMILES string of the molecule is CN=C(NCc1nccn1C(F)F)NC1CCN(c2cccc(Cl)c2)C1. The number of aliphatic imine (C=N–C) groups is 1. The van der Waals surface area contributed by atoms with Gasteiger partial charge in [0.2, 0.25) is 0 Å². The zero-order valence-electron chi connectivity index (χ0n) is 14.4. The molecule has 0 radical (unpaired) electrons. The quantitative estimate of drug-likeness (QED) is 0.616. The number of halogens is 3. The van der Waals surface area contributed by atoms with E-state index in [0.717, 1.165) is 29.8 Å². The van der Waals surface area contributed by atoms with Crippen molar-refractivity contribution in [1.82, 2.24) is 20.2 Å². The van der Waals surface area contributed by atoms with E-state index in [-0.39, 0.29) is 18.4 Å². The fourth-order valence-corrected chi connectivity index (χ4v) is 3.18. The minimum atomic E-state index is -2.61. The van der Waals surface area contributed by atoms with Gasteiger partial charge in [-0.3, -0.25) is 9.56 Å². The van der Waals surface area contributed by atoms with E-state index >= 15 is 0 Å². The molecule has 0 bridgehead atoms. The molecular formula is C17H21ClF2N6. The Balaban J connectivity index is 1.53. The molecule has 0 aliphatic carbocycles. The van der Waals surface area contributed by atoms with Crippen LogP contribution >= 0.6 is 11.6 Å². The van der Waals surface area contributed by atoms with Crippen molar-refractivity contribution >= 4 is 23.2 Å². The van der Waals surface area contributed by atoms with Gasteiger partial charge >= 0.3 is 6.55 Å². The molecule has 6 nitrogen and oxygen atoms in total. The summed E-state index contributed by atoms with van der Waals surface area (Å²) >= 11 is 6.06. The van der Waals surface area contributed by atoms with Gasteiger partial charge in [0.15, 0.2) is 5.96 Å². The van der Waals surface area contributed by atoms with Crippen LogP contribution in [0.1, 0.15) is 18.8 Å². The van der Waals surface area contributed by atoms with E-state index in [1.807, 2.05) is 24.3 Å². The second-order valence-electron chi connectivity index (χ2n) is 6.01. The molecule has 3 rings (SSSR count). The monoisotopic (exact) mass is 382 g/mol. The second-order valence-corrected chi connectivity index (χ2v) is 6.45. The third-order valence-corrected chi connectivity index (χ3v) is 4.53. The summed E-state index contributed by atoms with van der Waals surface area (Å²) in [5.41, 5.74) is 1.09. The summed E-state index contributed by atoms with van der Waals surface area (Å²) in [6, 6.07) is 7.97. The lowest BCUT2D eigenvalue weighted by Crippen LogP contribution is -2.44. The summed E-state index contributed by atoms with van der Waals surface area (Å²) < 4.78 is 26.6. The Morgan fingerprint density at radius 3 is 3.04 bits per heavy atom. The lowest BCUT2D eigenvalue weighted by molar-refractivity contribution is 0.0668. The number of hydrogen-bond acceptors (Lipinski definition) is 3. The van der Waals surface area contributed by atoms with Crippen LogP contribution in [-0.2, 0) is 6.54 Å². The number of nitrogens with one attached hydrogen (secondary N) is 2. The highest BCUT2D eigenvalue weighted by Gasteiger charge is 2.23. The second kappa shape index (κ2) is 8.35. The van der Waals surface area contributed by atoms with Crippen LogP contribution < -0.4 is 15.5 Å². The first kappa shape index (κ1) is 18.4. The van der Waals surface area contributed by atoms with E-state index in [9.17, 15) is 8.78 Å². The summed E-state index contributed by atoms with van der Waals surface area (Å²) in [6.07, 6.45) is 3.57. The zero-order chi connectivity index (χ0) is 18.5. The fraction of sp³-hybridized carbons (Fsp3) is 0.412. The Morgan fingerprint density at radius 2 is 2.31 bits per heavy atom. The van der Waals surface area contributed by atoms with E-state index in [2.05, 4.69) is 25.5 Å². The lowest BCUT2D eigenvalue weighted by Gasteiger charge is -2.20. The number of aromatic nitrogens is 2. The van der Waals surface area contributed by atoms with Crippen LogP contribution in [0, 0.1) is 0 Å². The van der Waals surface area contributed by atoms with Gasteiger partial charge in [0.1, 0.15) is 5.82 Å². The van der Waals surface area contributed by atoms with Crippen molar-refractivity contribution in [3.63, 3.8) is 0 Å². The lowest BCUT2D eigenvalue weighted by atomic mass is 10.3. The Morgan fingerprint density at radius 1 is 1.46 bits per heavy atom. The van der Waals surface area contributed by atoms with Crippen LogP contribution in [0.2, 0.25) is 5.02 Å². The number of alkyl halides is 2. The average molecular weight is 383 g/mol. The van der Waals surface area contributed by atoms with Crippen LogP contribution in [0.3, 0.4) is 0 Å². The number of benzene rings is 1. The highest BCUT2D eigenvalue weighted by atomic mass is 35.5. The van der Waals surface area contributed by atoms with Gasteiger partial charge in [0.25, 0.3) is 0 Å². The van der Waals surface area contributed by atoms with Crippen molar-refractivity contribution in [2.75, 3.05) is 25.0 Å². The van der Waals surface area contributed by atoms with Crippen molar-refractivity contribution in [3.8, 4) is 0 Å². The van der Waals surface area contributed by atoms with Crippen molar-refractivity contribution in [3.05, 3.63) is 47.5 Å². The maximum atomic E-state index is 12.9. The van der Waals surface area contributed by atoms with Crippen LogP contribution in [0.25, 0.3) is 0 Å². The molecule has 1 aliphatic rings. The van der Waals surface area contributed by atoms with Crippen LogP contribution in [0.15, 0.2) is 41.7 Å². The maximum Gasteiger partial charge on any atom is 0.319 e. The highest BCUT2D eigenvalue weighted by molar-refractivity contribution is 6.30. The smallest absolute Gasteiger partial charge is 0.319 e. The molecule has 1 atom stereocenters. The number of rotatable bonds is 5. The van der Waals surface area contributed by atoms with Gasteiger partial charge in [0, 0.05) is 49.3 Å². The van der Waals surface area contributed by atoms with Crippen molar-refractivity contribution in [1.29, 1.82) is 0 Å². The summed E-state index contributed by atoms with van der Waals surface area (Å²) in [6.45, 7) is -0.718. The van der Waals surface area contributed by atoms with Gasteiger partial charge in [-0.1, -0.05) is 17.7 Å². The van der Waals surface area contributed by atoms with Gasteiger partial charge in [-0.05, 0) is 24.6 Å². The molecule has 1 aliphatic heterocycles. The van der Waals surface area contributed by atoms with Gasteiger partial charge in [-0.2, -0.15) is 8.78 Å².